The van der Waals surface area contributed by atoms with E-state index in [1.165, 1.54) is 28.0 Å². The van der Waals surface area contributed by atoms with Crippen LogP contribution in [0.2, 0.25) is 0 Å². The largest absolute Gasteiger partial charge is 0.339 e. The van der Waals surface area contributed by atoms with E-state index in [4.69, 9.17) is 0 Å². The number of piperazine rings is 1. The van der Waals surface area contributed by atoms with Crippen LogP contribution in [-0.2, 0) is 11.3 Å². The predicted octanol–water partition coefficient (Wildman–Crippen LogP) is 2.04. The van der Waals surface area contributed by atoms with E-state index in [0.29, 0.717) is 5.75 Å². The van der Waals surface area contributed by atoms with Crippen LogP contribution in [-0.4, -0.2) is 57.8 Å². The number of amides is 1. The highest BCUT2D eigenvalue weighted by molar-refractivity contribution is 8.01. The highest BCUT2D eigenvalue weighted by Gasteiger charge is 2.21. The van der Waals surface area contributed by atoms with E-state index >= 15 is 0 Å². The molecule has 112 valence electrons. The van der Waals surface area contributed by atoms with E-state index in [0.717, 1.165) is 37.1 Å². The van der Waals surface area contributed by atoms with Crippen molar-refractivity contribution in [3.63, 3.8) is 0 Å². The van der Waals surface area contributed by atoms with E-state index in [1.807, 2.05) is 4.90 Å². The van der Waals surface area contributed by atoms with Crippen molar-refractivity contribution >= 4 is 40.3 Å². The number of thioether (sulfide) groups is 1. The van der Waals surface area contributed by atoms with Crippen LogP contribution >= 0.6 is 34.4 Å². The SMILES string of the molecule is O=C(CSc1nncs1)N1CCN(Cc2cccs2)CC1. The van der Waals surface area contributed by atoms with Crippen molar-refractivity contribution in [2.75, 3.05) is 31.9 Å². The highest BCUT2D eigenvalue weighted by Crippen LogP contribution is 2.20. The Bertz CT molecular complexity index is 550. The fourth-order valence-corrected chi connectivity index (χ4v) is 4.36. The number of nitrogens with zero attached hydrogens (tertiary/aromatic N) is 4. The summed E-state index contributed by atoms with van der Waals surface area (Å²) in [5.74, 6) is 0.658. The molecule has 0 saturated carbocycles. The second-order valence-electron chi connectivity index (χ2n) is 4.73. The molecule has 0 N–H and O–H groups in total. The quantitative estimate of drug-likeness (QED) is 0.780. The van der Waals surface area contributed by atoms with Gasteiger partial charge in [-0.2, -0.15) is 0 Å². The molecule has 0 aliphatic carbocycles. The van der Waals surface area contributed by atoms with Gasteiger partial charge in [-0.3, -0.25) is 9.69 Å². The maximum atomic E-state index is 12.2. The molecule has 0 spiro atoms. The van der Waals surface area contributed by atoms with Gasteiger partial charge in [0.1, 0.15) is 5.51 Å². The molecule has 1 amide bonds. The van der Waals surface area contributed by atoms with Crippen LogP contribution in [0.25, 0.3) is 0 Å². The monoisotopic (exact) mass is 340 g/mol. The van der Waals surface area contributed by atoms with Gasteiger partial charge in [-0.25, -0.2) is 0 Å². The van der Waals surface area contributed by atoms with Gasteiger partial charge in [0.15, 0.2) is 4.34 Å². The first-order valence-corrected chi connectivity index (χ1v) is 9.47. The second-order valence-corrected chi connectivity index (χ2v) is 7.82. The summed E-state index contributed by atoms with van der Waals surface area (Å²) >= 11 is 4.75. The third-order valence-electron chi connectivity index (χ3n) is 3.34. The molecule has 0 atom stereocenters. The number of thiophene rings is 1. The molecule has 1 aliphatic rings. The van der Waals surface area contributed by atoms with Gasteiger partial charge in [0, 0.05) is 37.6 Å². The molecule has 2 aromatic heterocycles. The number of carbonyl (C=O) groups excluding carboxylic acids is 1. The lowest BCUT2D eigenvalue weighted by atomic mass is 10.3. The van der Waals surface area contributed by atoms with Crippen molar-refractivity contribution in [2.45, 2.75) is 10.9 Å². The average molecular weight is 340 g/mol. The Morgan fingerprint density at radius 3 is 2.81 bits per heavy atom. The third-order valence-corrected chi connectivity index (χ3v) is 6.05. The fraction of sp³-hybridized carbons (Fsp3) is 0.462. The maximum absolute atomic E-state index is 12.2. The van der Waals surface area contributed by atoms with Crippen LogP contribution in [0.5, 0.6) is 0 Å². The molecular weight excluding hydrogens is 324 g/mol. The summed E-state index contributed by atoms with van der Waals surface area (Å²) in [7, 11) is 0. The molecule has 0 unspecified atom stereocenters. The van der Waals surface area contributed by atoms with Gasteiger partial charge in [0.2, 0.25) is 5.91 Å². The summed E-state index contributed by atoms with van der Waals surface area (Å²) in [4.78, 5) is 17.9. The molecule has 8 heteroatoms. The molecule has 3 heterocycles. The van der Waals surface area contributed by atoms with Gasteiger partial charge >= 0.3 is 0 Å². The van der Waals surface area contributed by atoms with Crippen LogP contribution in [0.4, 0.5) is 0 Å². The lowest BCUT2D eigenvalue weighted by Gasteiger charge is -2.34. The molecule has 3 rings (SSSR count). The van der Waals surface area contributed by atoms with Crippen molar-refractivity contribution < 1.29 is 4.79 Å². The van der Waals surface area contributed by atoms with E-state index in [1.54, 1.807) is 16.8 Å². The number of carbonyl (C=O) groups is 1. The van der Waals surface area contributed by atoms with Crippen molar-refractivity contribution in [3.05, 3.63) is 27.9 Å². The van der Waals surface area contributed by atoms with Gasteiger partial charge in [-0.1, -0.05) is 29.2 Å². The maximum Gasteiger partial charge on any atom is 0.233 e. The van der Waals surface area contributed by atoms with Gasteiger partial charge in [0.25, 0.3) is 0 Å². The molecule has 1 fully saturated rings. The second kappa shape index (κ2) is 7.35. The fourth-order valence-electron chi connectivity index (χ4n) is 2.22. The lowest BCUT2D eigenvalue weighted by Crippen LogP contribution is -2.48. The van der Waals surface area contributed by atoms with Gasteiger partial charge in [0.05, 0.1) is 5.75 Å². The molecule has 21 heavy (non-hydrogen) atoms. The normalized spacial score (nSPS) is 16.3. The zero-order valence-corrected chi connectivity index (χ0v) is 13.9. The Kier molecular flexibility index (Phi) is 5.23. The lowest BCUT2D eigenvalue weighted by molar-refractivity contribution is -0.130. The van der Waals surface area contributed by atoms with Crippen molar-refractivity contribution in [3.8, 4) is 0 Å². The smallest absolute Gasteiger partial charge is 0.233 e. The van der Waals surface area contributed by atoms with Crippen molar-refractivity contribution in [2.24, 2.45) is 0 Å². The standard InChI is InChI=1S/C13H16N4OS3/c18-12(9-20-13-15-14-10-21-13)17-5-3-16(4-6-17)8-11-2-1-7-19-11/h1-2,7,10H,3-6,8-9H2. The van der Waals surface area contributed by atoms with Crippen LogP contribution in [0.1, 0.15) is 4.88 Å². The molecular formula is C13H16N4OS3. The molecule has 1 aliphatic heterocycles. The van der Waals surface area contributed by atoms with E-state index in [-0.39, 0.29) is 5.91 Å². The van der Waals surface area contributed by atoms with Crippen LogP contribution in [0.3, 0.4) is 0 Å². The van der Waals surface area contributed by atoms with Crippen molar-refractivity contribution in [1.82, 2.24) is 20.0 Å². The summed E-state index contributed by atoms with van der Waals surface area (Å²) in [5, 5.41) is 9.83. The predicted molar refractivity (Wildman–Crippen MR) is 86.8 cm³/mol. The molecule has 1 saturated heterocycles. The van der Waals surface area contributed by atoms with E-state index < -0.39 is 0 Å². The van der Waals surface area contributed by atoms with Gasteiger partial charge < -0.3 is 4.90 Å². The van der Waals surface area contributed by atoms with Crippen LogP contribution in [0, 0.1) is 0 Å². The average Bonchev–Trinajstić information content (AvgIpc) is 3.19. The Hall–Kier alpha value is -0.960. The highest BCUT2D eigenvalue weighted by atomic mass is 32.2. The first kappa shape index (κ1) is 15.0. The van der Waals surface area contributed by atoms with Gasteiger partial charge in [-0.15, -0.1) is 21.5 Å². The van der Waals surface area contributed by atoms with Crippen LogP contribution < -0.4 is 0 Å². The minimum Gasteiger partial charge on any atom is -0.339 e. The van der Waals surface area contributed by atoms with Crippen molar-refractivity contribution in [1.29, 1.82) is 0 Å². The first-order valence-electron chi connectivity index (χ1n) is 6.73. The molecule has 5 nitrogen and oxygen atoms in total. The summed E-state index contributed by atoms with van der Waals surface area (Å²) in [5.41, 5.74) is 1.69. The Labute approximate surface area is 136 Å². The zero-order chi connectivity index (χ0) is 14.5. The van der Waals surface area contributed by atoms with Gasteiger partial charge in [-0.05, 0) is 11.4 Å². The Morgan fingerprint density at radius 2 is 2.14 bits per heavy atom. The Balaban J connectivity index is 1.41. The molecule has 2 aromatic rings. The molecule has 0 aromatic carbocycles. The number of hydrogen-bond donors (Lipinski definition) is 0. The molecule has 0 radical (unpaired) electrons. The first-order chi connectivity index (χ1) is 10.3. The molecule has 0 bridgehead atoms. The third kappa shape index (κ3) is 4.26. The number of hydrogen-bond acceptors (Lipinski definition) is 7. The van der Waals surface area contributed by atoms with E-state index in [2.05, 4.69) is 32.6 Å². The summed E-state index contributed by atoms with van der Waals surface area (Å²) < 4.78 is 0.861. The topological polar surface area (TPSA) is 49.3 Å². The summed E-state index contributed by atoms with van der Waals surface area (Å²) in [6.07, 6.45) is 0. The van der Waals surface area contributed by atoms with E-state index in [9.17, 15) is 4.79 Å². The summed E-state index contributed by atoms with van der Waals surface area (Å²) in [6.45, 7) is 4.54. The summed E-state index contributed by atoms with van der Waals surface area (Å²) in [6, 6.07) is 4.26. The minimum absolute atomic E-state index is 0.200. The zero-order valence-electron chi connectivity index (χ0n) is 11.5. The number of aromatic nitrogens is 2. The van der Waals surface area contributed by atoms with Crippen LogP contribution in [0.15, 0.2) is 27.4 Å². The number of rotatable bonds is 5. The Morgan fingerprint density at radius 1 is 1.29 bits per heavy atom. The minimum atomic E-state index is 0.200.